The highest BCUT2D eigenvalue weighted by Crippen LogP contribution is 2.67. The van der Waals surface area contributed by atoms with Crippen molar-refractivity contribution in [3.63, 3.8) is 0 Å². The van der Waals surface area contributed by atoms with Crippen molar-refractivity contribution in [2.75, 3.05) is 7.11 Å². The summed E-state index contributed by atoms with van der Waals surface area (Å²) in [6.07, 6.45) is 6.32. The van der Waals surface area contributed by atoms with Crippen LogP contribution in [0.3, 0.4) is 0 Å². The Morgan fingerprint density at radius 3 is 2.60 bits per heavy atom. The van der Waals surface area contributed by atoms with E-state index < -0.39 is 6.10 Å². The fourth-order valence-corrected chi connectivity index (χ4v) is 8.49. The third kappa shape index (κ3) is 3.26. The van der Waals surface area contributed by atoms with E-state index in [0.29, 0.717) is 36.9 Å². The van der Waals surface area contributed by atoms with E-state index in [4.69, 9.17) is 4.74 Å². The van der Waals surface area contributed by atoms with Crippen LogP contribution in [0.15, 0.2) is 0 Å². The first kappa shape index (κ1) is 22.3. The number of fused-ring (bicyclic) bond motifs is 5. The number of hydrogen-bond acceptors (Lipinski definition) is 5. The zero-order valence-electron chi connectivity index (χ0n) is 19.1. The Hall–Kier alpha value is -0.940. The first-order valence-electron chi connectivity index (χ1n) is 12.1. The van der Waals surface area contributed by atoms with Crippen LogP contribution >= 0.6 is 0 Å². The van der Waals surface area contributed by atoms with Gasteiger partial charge in [0.15, 0.2) is 0 Å². The third-order valence-electron chi connectivity index (χ3n) is 10.3. The molecule has 0 aliphatic heterocycles. The molecule has 0 saturated heterocycles. The van der Waals surface area contributed by atoms with Crippen LogP contribution < -0.4 is 0 Å². The Balaban J connectivity index is 1.59. The minimum atomic E-state index is -0.410. The van der Waals surface area contributed by atoms with Gasteiger partial charge in [-0.05, 0) is 80.0 Å². The van der Waals surface area contributed by atoms with E-state index >= 15 is 0 Å². The molecule has 0 aromatic heterocycles. The van der Waals surface area contributed by atoms with Gasteiger partial charge in [0.25, 0.3) is 0 Å². The molecular formula is C25H40O5. The standard InChI is InChI=1S/C25H40O5/c1-14(5-8-22(29)30-4)17-6-7-18-23-19(13-21(28)25(17,18)3)24(2)10-9-16(26)11-15(24)12-20(23)27/h14-19,21,23,26,28H,5-13H2,1-4H3/t14?,15?,16-,17?,18?,19?,21+,23?,24-,25+/m0/s1. The molecule has 4 aliphatic rings. The lowest BCUT2D eigenvalue weighted by atomic mass is 9.43. The maximum absolute atomic E-state index is 13.4. The van der Waals surface area contributed by atoms with Gasteiger partial charge >= 0.3 is 5.97 Å². The number of aliphatic hydroxyl groups excluding tert-OH is 2. The molecule has 10 atom stereocenters. The van der Waals surface area contributed by atoms with Crippen molar-refractivity contribution in [2.24, 2.45) is 46.3 Å². The highest BCUT2D eigenvalue weighted by atomic mass is 16.5. The molecule has 6 unspecified atom stereocenters. The average molecular weight is 421 g/mol. The van der Waals surface area contributed by atoms with Crippen LogP contribution in [0, 0.1) is 46.3 Å². The Labute approximate surface area is 180 Å². The Morgan fingerprint density at radius 2 is 1.90 bits per heavy atom. The predicted octanol–water partition coefficient (Wildman–Crippen LogP) is 3.75. The largest absolute Gasteiger partial charge is 0.469 e. The van der Waals surface area contributed by atoms with Crippen LogP contribution in [0.4, 0.5) is 0 Å². The number of methoxy groups -OCH3 is 1. The molecule has 30 heavy (non-hydrogen) atoms. The summed E-state index contributed by atoms with van der Waals surface area (Å²) in [5.74, 6) is 1.61. The highest BCUT2D eigenvalue weighted by Gasteiger charge is 2.65. The molecule has 0 spiro atoms. The molecule has 0 heterocycles. The average Bonchev–Trinajstić information content (AvgIpc) is 3.06. The van der Waals surface area contributed by atoms with Crippen LogP contribution in [-0.2, 0) is 14.3 Å². The number of carbonyl (C=O) groups is 2. The molecule has 4 saturated carbocycles. The van der Waals surface area contributed by atoms with Crippen molar-refractivity contribution in [1.29, 1.82) is 0 Å². The van der Waals surface area contributed by atoms with Crippen LogP contribution in [0.5, 0.6) is 0 Å². The molecule has 0 amide bonds. The van der Waals surface area contributed by atoms with Gasteiger partial charge in [0, 0.05) is 24.2 Å². The van der Waals surface area contributed by atoms with Crippen LogP contribution in [0.2, 0.25) is 0 Å². The molecule has 0 aromatic rings. The summed E-state index contributed by atoms with van der Waals surface area (Å²) < 4.78 is 4.82. The molecule has 5 nitrogen and oxygen atoms in total. The fraction of sp³-hybridized carbons (Fsp3) is 0.920. The van der Waals surface area contributed by atoms with Gasteiger partial charge in [0.05, 0.1) is 19.3 Å². The zero-order chi connectivity index (χ0) is 21.8. The number of hydrogen-bond donors (Lipinski definition) is 2. The summed E-state index contributed by atoms with van der Waals surface area (Å²) in [7, 11) is 1.43. The zero-order valence-corrected chi connectivity index (χ0v) is 19.1. The Bertz CT molecular complexity index is 691. The molecule has 0 radical (unpaired) electrons. The number of ether oxygens (including phenoxy) is 1. The molecule has 4 fully saturated rings. The second-order valence-corrected chi connectivity index (χ2v) is 11.4. The second kappa shape index (κ2) is 7.88. The van der Waals surface area contributed by atoms with Crippen LogP contribution in [0.1, 0.15) is 78.6 Å². The lowest BCUT2D eigenvalue weighted by Crippen LogP contribution is -2.61. The van der Waals surface area contributed by atoms with E-state index in [2.05, 4.69) is 20.8 Å². The van der Waals surface area contributed by atoms with Gasteiger partial charge in [-0.3, -0.25) is 9.59 Å². The van der Waals surface area contributed by atoms with E-state index in [-0.39, 0.29) is 46.6 Å². The summed E-state index contributed by atoms with van der Waals surface area (Å²) >= 11 is 0. The number of esters is 1. The van der Waals surface area contributed by atoms with E-state index in [1.807, 2.05) is 0 Å². The van der Waals surface area contributed by atoms with Crippen LogP contribution in [-0.4, -0.2) is 41.3 Å². The van der Waals surface area contributed by atoms with Gasteiger partial charge < -0.3 is 14.9 Å². The first-order valence-corrected chi connectivity index (χ1v) is 12.1. The fourth-order valence-electron chi connectivity index (χ4n) is 8.49. The molecule has 2 N–H and O–H groups in total. The normalized spacial score (nSPS) is 49.0. The van der Waals surface area contributed by atoms with E-state index in [0.717, 1.165) is 38.5 Å². The minimum absolute atomic E-state index is 0.0488. The van der Waals surface area contributed by atoms with Gasteiger partial charge in [0.2, 0.25) is 0 Å². The van der Waals surface area contributed by atoms with Gasteiger partial charge in [-0.25, -0.2) is 0 Å². The smallest absolute Gasteiger partial charge is 0.305 e. The van der Waals surface area contributed by atoms with Gasteiger partial charge in [-0.1, -0.05) is 20.8 Å². The monoisotopic (exact) mass is 420 g/mol. The lowest BCUT2D eigenvalue weighted by Gasteiger charge is -2.61. The molecule has 170 valence electrons. The summed E-state index contributed by atoms with van der Waals surface area (Å²) in [6, 6.07) is 0. The Morgan fingerprint density at radius 1 is 1.17 bits per heavy atom. The summed E-state index contributed by atoms with van der Waals surface area (Å²) in [5.41, 5.74) is -0.210. The van der Waals surface area contributed by atoms with Gasteiger partial charge in [0.1, 0.15) is 5.78 Å². The summed E-state index contributed by atoms with van der Waals surface area (Å²) in [4.78, 5) is 25.1. The number of Topliss-reactive ketones (excluding diaryl/α,β-unsaturated/α-hetero) is 1. The van der Waals surface area contributed by atoms with Crippen molar-refractivity contribution >= 4 is 11.8 Å². The van der Waals surface area contributed by atoms with E-state index in [1.165, 1.54) is 7.11 Å². The number of carbonyl (C=O) groups excluding carboxylic acids is 2. The predicted molar refractivity (Wildman–Crippen MR) is 113 cm³/mol. The summed E-state index contributed by atoms with van der Waals surface area (Å²) in [6.45, 7) is 6.74. The van der Waals surface area contributed by atoms with Crippen molar-refractivity contribution in [3.8, 4) is 0 Å². The topological polar surface area (TPSA) is 83.8 Å². The van der Waals surface area contributed by atoms with E-state index in [9.17, 15) is 19.8 Å². The maximum Gasteiger partial charge on any atom is 0.305 e. The second-order valence-electron chi connectivity index (χ2n) is 11.4. The molecule has 0 bridgehead atoms. The minimum Gasteiger partial charge on any atom is -0.469 e. The Kier molecular flexibility index (Phi) is 5.85. The van der Waals surface area contributed by atoms with Crippen molar-refractivity contribution < 1.29 is 24.5 Å². The van der Waals surface area contributed by atoms with Crippen molar-refractivity contribution in [1.82, 2.24) is 0 Å². The number of aliphatic hydroxyl groups is 2. The number of rotatable bonds is 4. The van der Waals surface area contributed by atoms with Crippen LogP contribution in [0.25, 0.3) is 0 Å². The summed E-state index contributed by atoms with van der Waals surface area (Å²) in [5, 5.41) is 21.7. The molecule has 0 aromatic carbocycles. The van der Waals surface area contributed by atoms with Gasteiger partial charge in [-0.2, -0.15) is 0 Å². The van der Waals surface area contributed by atoms with Gasteiger partial charge in [-0.15, -0.1) is 0 Å². The number of ketones is 1. The molecule has 5 heteroatoms. The highest BCUT2D eigenvalue weighted by molar-refractivity contribution is 5.83. The lowest BCUT2D eigenvalue weighted by molar-refractivity contribution is -0.182. The maximum atomic E-state index is 13.4. The molecule has 4 rings (SSSR count). The van der Waals surface area contributed by atoms with Crippen molar-refractivity contribution in [3.05, 3.63) is 0 Å². The molecule has 4 aliphatic carbocycles. The SMILES string of the molecule is COC(=O)CCC(C)C1CCC2C3C(=O)CC4C[C@@H](O)CC[C@]4(C)C3C[C@@H](O)[C@]12C. The van der Waals surface area contributed by atoms with Crippen molar-refractivity contribution in [2.45, 2.75) is 90.8 Å². The van der Waals surface area contributed by atoms with E-state index in [1.54, 1.807) is 0 Å². The first-order chi connectivity index (χ1) is 14.1. The molecular weight excluding hydrogens is 380 g/mol. The quantitative estimate of drug-likeness (QED) is 0.677. The third-order valence-corrected chi connectivity index (χ3v) is 10.3.